The number of carbonyl (C=O) groups excluding carboxylic acids is 2. The van der Waals surface area contributed by atoms with Crippen molar-refractivity contribution in [2.45, 2.75) is 45.7 Å². The summed E-state index contributed by atoms with van der Waals surface area (Å²) in [4.78, 5) is 37.4. The van der Waals surface area contributed by atoms with E-state index < -0.39 is 0 Å². The van der Waals surface area contributed by atoms with E-state index in [0.29, 0.717) is 44.1 Å². The van der Waals surface area contributed by atoms with Gasteiger partial charge in [-0.15, -0.1) is 0 Å². The maximum Gasteiger partial charge on any atom is 0.254 e. The highest BCUT2D eigenvalue weighted by atomic mass is 16.2. The average Bonchev–Trinajstić information content (AvgIpc) is 2.95. The highest BCUT2D eigenvalue weighted by Gasteiger charge is 2.24. The lowest BCUT2D eigenvalue weighted by molar-refractivity contribution is -0.118. The molecule has 3 aromatic rings. The van der Waals surface area contributed by atoms with Crippen LogP contribution in [0.4, 0.5) is 5.69 Å². The summed E-state index contributed by atoms with van der Waals surface area (Å²) in [5, 5.41) is 0. The molecular formula is C30H36N4O2. The quantitative estimate of drug-likeness (QED) is 0.522. The second-order valence-corrected chi connectivity index (χ2v) is 9.61. The summed E-state index contributed by atoms with van der Waals surface area (Å²) >= 11 is 0. The van der Waals surface area contributed by atoms with E-state index in [9.17, 15) is 9.59 Å². The van der Waals surface area contributed by atoms with Crippen LogP contribution in [0.1, 0.15) is 48.2 Å². The van der Waals surface area contributed by atoms with Crippen molar-refractivity contribution < 1.29 is 9.59 Å². The first-order valence-corrected chi connectivity index (χ1v) is 12.9. The lowest BCUT2D eigenvalue weighted by atomic mass is 10.1. The van der Waals surface area contributed by atoms with Crippen LogP contribution in [0.2, 0.25) is 0 Å². The molecule has 6 heteroatoms. The number of hydrogen-bond donors (Lipinski definition) is 0. The number of aromatic nitrogens is 1. The van der Waals surface area contributed by atoms with Crippen LogP contribution in [-0.2, 0) is 17.8 Å². The van der Waals surface area contributed by atoms with Gasteiger partial charge in [-0.2, -0.15) is 0 Å². The van der Waals surface area contributed by atoms with Crippen molar-refractivity contribution in [3.8, 4) is 0 Å². The van der Waals surface area contributed by atoms with Gasteiger partial charge >= 0.3 is 0 Å². The predicted molar refractivity (Wildman–Crippen MR) is 144 cm³/mol. The van der Waals surface area contributed by atoms with Crippen LogP contribution in [0, 0.1) is 0 Å². The number of aryl methyl sites for hydroxylation is 1. The number of carbonyl (C=O) groups is 2. The standard InChI is InChI=1S/C30H36N4O2/c1-24(2)32-19-8-20-34(29(35)14-13-25-9-4-3-5-10-25)28-12-7-6-11-27(28)23-33(22-21-32)30(36)26-15-17-31-18-16-26/h3-7,9-12,15-18,24H,8,13-14,19-23H2,1-2H3. The van der Waals surface area contributed by atoms with Crippen LogP contribution < -0.4 is 4.90 Å². The molecular weight excluding hydrogens is 448 g/mol. The molecule has 0 saturated carbocycles. The number of para-hydroxylation sites is 1. The van der Waals surface area contributed by atoms with Crippen LogP contribution in [0.5, 0.6) is 0 Å². The number of benzene rings is 2. The van der Waals surface area contributed by atoms with E-state index in [1.54, 1.807) is 24.5 Å². The van der Waals surface area contributed by atoms with Gasteiger partial charge in [-0.05, 0) is 56.0 Å². The van der Waals surface area contributed by atoms with Crippen molar-refractivity contribution in [1.29, 1.82) is 0 Å². The summed E-state index contributed by atoms with van der Waals surface area (Å²) in [6, 6.07) is 22.1. The normalized spacial score (nSPS) is 15.3. The number of amides is 2. The molecule has 0 spiro atoms. The summed E-state index contributed by atoms with van der Waals surface area (Å²) in [5.41, 5.74) is 3.69. The van der Waals surface area contributed by atoms with Crippen LogP contribution in [-0.4, -0.2) is 58.8 Å². The first-order valence-electron chi connectivity index (χ1n) is 12.9. The Labute approximate surface area is 214 Å². The van der Waals surface area contributed by atoms with Gasteiger partial charge in [-0.1, -0.05) is 48.5 Å². The summed E-state index contributed by atoms with van der Waals surface area (Å²) in [5.74, 6) is 0.103. The van der Waals surface area contributed by atoms with Gasteiger partial charge in [0.25, 0.3) is 5.91 Å². The Morgan fingerprint density at radius 3 is 2.33 bits per heavy atom. The third-order valence-corrected chi connectivity index (χ3v) is 6.84. The Morgan fingerprint density at radius 1 is 0.861 bits per heavy atom. The highest BCUT2D eigenvalue weighted by molar-refractivity contribution is 5.95. The molecule has 0 fully saturated rings. The van der Waals surface area contributed by atoms with Crippen LogP contribution in [0.3, 0.4) is 0 Å². The zero-order valence-corrected chi connectivity index (χ0v) is 21.3. The lowest BCUT2D eigenvalue weighted by Gasteiger charge is -2.30. The van der Waals surface area contributed by atoms with Crippen LogP contribution in [0.25, 0.3) is 0 Å². The molecule has 4 rings (SSSR count). The zero-order chi connectivity index (χ0) is 25.3. The fraction of sp³-hybridized carbons (Fsp3) is 0.367. The van der Waals surface area contributed by atoms with Crippen LogP contribution >= 0.6 is 0 Å². The third kappa shape index (κ3) is 6.58. The molecule has 0 atom stereocenters. The highest BCUT2D eigenvalue weighted by Crippen LogP contribution is 2.25. The molecule has 1 aliphatic rings. The van der Waals surface area contributed by atoms with E-state index in [2.05, 4.69) is 35.9 Å². The molecule has 2 aromatic carbocycles. The van der Waals surface area contributed by atoms with E-state index in [0.717, 1.165) is 36.3 Å². The number of anilines is 1. The van der Waals surface area contributed by atoms with Gasteiger partial charge in [0.05, 0.1) is 0 Å². The minimum absolute atomic E-state index is 0.0166. The average molecular weight is 485 g/mol. The molecule has 1 aromatic heterocycles. The van der Waals surface area contributed by atoms with E-state index in [-0.39, 0.29) is 11.8 Å². The molecule has 188 valence electrons. The molecule has 2 amide bonds. The minimum Gasteiger partial charge on any atom is -0.333 e. The Morgan fingerprint density at radius 2 is 1.58 bits per heavy atom. The summed E-state index contributed by atoms with van der Waals surface area (Å²) < 4.78 is 0. The summed E-state index contributed by atoms with van der Waals surface area (Å²) in [7, 11) is 0. The molecule has 6 nitrogen and oxygen atoms in total. The fourth-order valence-corrected chi connectivity index (χ4v) is 4.76. The fourth-order valence-electron chi connectivity index (χ4n) is 4.76. The maximum absolute atomic E-state index is 13.6. The van der Waals surface area contributed by atoms with Gasteiger partial charge < -0.3 is 9.80 Å². The monoisotopic (exact) mass is 484 g/mol. The van der Waals surface area contributed by atoms with Crippen molar-refractivity contribution in [3.63, 3.8) is 0 Å². The van der Waals surface area contributed by atoms with Gasteiger partial charge in [0.15, 0.2) is 0 Å². The number of pyridine rings is 1. The van der Waals surface area contributed by atoms with Gasteiger partial charge in [0.2, 0.25) is 5.91 Å². The Balaban J connectivity index is 1.63. The SMILES string of the molecule is CC(C)N1CCCN(C(=O)CCc2ccccc2)c2ccccc2CN(C(=O)c2ccncc2)CC1. The summed E-state index contributed by atoms with van der Waals surface area (Å²) in [6.45, 7) is 7.77. The maximum atomic E-state index is 13.6. The molecule has 36 heavy (non-hydrogen) atoms. The smallest absolute Gasteiger partial charge is 0.254 e. The second kappa shape index (κ2) is 12.5. The zero-order valence-electron chi connectivity index (χ0n) is 21.3. The second-order valence-electron chi connectivity index (χ2n) is 9.61. The topological polar surface area (TPSA) is 56.8 Å². The largest absolute Gasteiger partial charge is 0.333 e. The van der Waals surface area contributed by atoms with Crippen LogP contribution in [0.15, 0.2) is 79.1 Å². The number of fused-ring (bicyclic) bond motifs is 1. The predicted octanol–water partition coefficient (Wildman–Crippen LogP) is 4.80. The van der Waals surface area contributed by atoms with E-state index in [1.807, 2.05) is 52.3 Å². The Kier molecular flexibility index (Phi) is 8.85. The third-order valence-electron chi connectivity index (χ3n) is 6.84. The number of rotatable bonds is 5. The van der Waals surface area contributed by atoms with E-state index in [1.165, 1.54) is 0 Å². The van der Waals surface area contributed by atoms with Gasteiger partial charge in [-0.3, -0.25) is 19.5 Å². The van der Waals surface area contributed by atoms with Crippen molar-refractivity contribution in [2.75, 3.05) is 31.1 Å². The van der Waals surface area contributed by atoms with Gasteiger partial charge in [0.1, 0.15) is 0 Å². The first-order chi connectivity index (χ1) is 17.5. The van der Waals surface area contributed by atoms with Crippen molar-refractivity contribution in [2.24, 2.45) is 0 Å². The van der Waals surface area contributed by atoms with Gasteiger partial charge in [0, 0.05) is 68.8 Å². The number of nitrogens with zero attached hydrogens (tertiary/aromatic N) is 4. The van der Waals surface area contributed by atoms with E-state index >= 15 is 0 Å². The first kappa shape index (κ1) is 25.6. The molecule has 0 N–H and O–H groups in total. The molecule has 0 aliphatic carbocycles. The molecule has 0 unspecified atom stereocenters. The van der Waals surface area contributed by atoms with E-state index in [4.69, 9.17) is 0 Å². The molecule has 0 radical (unpaired) electrons. The van der Waals surface area contributed by atoms with Crippen molar-refractivity contribution in [1.82, 2.24) is 14.8 Å². The lowest BCUT2D eigenvalue weighted by Crippen LogP contribution is -2.41. The molecule has 1 aliphatic heterocycles. The Hall–Kier alpha value is -3.51. The molecule has 0 saturated heterocycles. The van der Waals surface area contributed by atoms with Crippen molar-refractivity contribution >= 4 is 17.5 Å². The van der Waals surface area contributed by atoms with Crippen molar-refractivity contribution in [3.05, 3.63) is 95.8 Å². The number of hydrogen-bond acceptors (Lipinski definition) is 4. The molecule has 2 heterocycles. The minimum atomic E-state index is -0.0166. The molecule has 0 bridgehead atoms. The Bertz CT molecular complexity index is 1130. The summed E-state index contributed by atoms with van der Waals surface area (Å²) in [6.07, 6.45) is 5.35. The van der Waals surface area contributed by atoms with Gasteiger partial charge in [-0.25, -0.2) is 0 Å².